The number of nitriles is 1. The van der Waals surface area contributed by atoms with Gasteiger partial charge in [-0.3, -0.25) is 19.2 Å². The van der Waals surface area contributed by atoms with E-state index in [4.69, 9.17) is 121 Å². The van der Waals surface area contributed by atoms with Crippen molar-refractivity contribution in [2.75, 3.05) is 52.4 Å². The van der Waals surface area contributed by atoms with Gasteiger partial charge in [-0.2, -0.15) is 5.26 Å². The van der Waals surface area contributed by atoms with Gasteiger partial charge in [0.25, 0.3) is 0 Å². The number of halogens is 6. The van der Waals surface area contributed by atoms with Gasteiger partial charge in [0.15, 0.2) is 11.4 Å². The number of likely N-dealkylation sites (tertiary alicyclic amines) is 4. The molecule has 4 aliphatic rings. The van der Waals surface area contributed by atoms with E-state index >= 15 is 0 Å². The van der Waals surface area contributed by atoms with Crippen molar-refractivity contribution in [1.29, 1.82) is 5.26 Å². The fourth-order valence-electron chi connectivity index (χ4n) is 10.5. The largest absolute Gasteiger partial charge is 0.444 e. The van der Waals surface area contributed by atoms with Gasteiger partial charge in [0, 0.05) is 137 Å². The number of aromatic nitrogens is 2. The van der Waals surface area contributed by atoms with Gasteiger partial charge < -0.3 is 59.0 Å². The Bertz CT molecular complexity index is 4240. The first-order valence-corrected chi connectivity index (χ1v) is 36.8. The van der Waals surface area contributed by atoms with Gasteiger partial charge in [-0.1, -0.05) is 151 Å². The van der Waals surface area contributed by atoms with Crippen LogP contribution in [0.5, 0.6) is 0 Å². The zero-order valence-corrected chi connectivity index (χ0v) is 66.5. The molecule has 582 valence electrons. The fourth-order valence-corrected chi connectivity index (χ4v) is 11.3. The van der Waals surface area contributed by atoms with Crippen LogP contribution in [0.2, 0.25) is 25.1 Å². The van der Waals surface area contributed by atoms with Crippen LogP contribution in [-0.2, 0) is 19.0 Å². The number of Topliss-reactive ketones (excluding diaryl/α,β-unsaturated/α-hetero) is 3. The summed E-state index contributed by atoms with van der Waals surface area (Å²) < 4.78 is 26.2. The average Bonchev–Trinajstić information content (AvgIpc) is 1.71. The lowest BCUT2D eigenvalue weighted by Gasteiger charge is -2.24. The molecule has 24 nitrogen and oxygen atoms in total. The highest BCUT2D eigenvalue weighted by Gasteiger charge is 2.34. The molecule has 4 N–H and O–H groups in total. The number of amides is 3. The number of nitrogens with two attached hydrogens (primary N) is 1. The zero-order chi connectivity index (χ0) is 80.6. The van der Waals surface area contributed by atoms with Gasteiger partial charge in [0.05, 0.1) is 6.21 Å². The molecule has 4 saturated heterocycles. The van der Waals surface area contributed by atoms with Gasteiger partial charge >= 0.3 is 18.3 Å². The third-order valence-corrected chi connectivity index (χ3v) is 17.4. The summed E-state index contributed by atoms with van der Waals surface area (Å²) in [7, 11) is 0. The Kier molecular flexibility index (Phi) is 36.6. The molecule has 6 heterocycles. The molecule has 0 saturated carbocycles. The van der Waals surface area contributed by atoms with Gasteiger partial charge in [-0.05, 0) is 178 Å². The molecule has 30 heteroatoms. The summed E-state index contributed by atoms with van der Waals surface area (Å²) in [5.74, 6) is 2.69. The van der Waals surface area contributed by atoms with Crippen molar-refractivity contribution in [2.45, 2.75) is 130 Å². The second kappa shape index (κ2) is 44.2. The highest BCUT2D eigenvalue weighted by Crippen LogP contribution is 2.29. The molecule has 4 atom stereocenters. The summed E-state index contributed by atoms with van der Waals surface area (Å²) in [5, 5.41) is 42.1. The Labute approximate surface area is 665 Å². The number of hydrogen-bond donors (Lipinski definition) is 3. The lowest BCUT2D eigenvalue weighted by molar-refractivity contribution is -0.114. The van der Waals surface area contributed by atoms with E-state index in [1.807, 2.05) is 86.6 Å². The number of nitrogens with zero attached hydrogens (tertiary/aromatic N) is 9. The third kappa shape index (κ3) is 33.9. The minimum absolute atomic E-state index is 0.0571. The van der Waals surface area contributed by atoms with Crippen molar-refractivity contribution in [3.8, 4) is 41.1 Å². The molecule has 0 unspecified atom stereocenters. The third-order valence-electron chi connectivity index (χ3n) is 15.9. The number of ketones is 3. The standard InChI is InChI=1S/C20H23ClN2O4.C16H14ClN3O2.C13H19NO3.C9H18N2O2.C7H5Cl2NO.C7H6ClNO.C7H5ClO/c1-20(2,3)26-19(25)23-9-8-13(12-23)10-17(24)18-11-16(22-27-18)14-4-6-15(21)7-5-14;17-13-3-1-12(2-4-13)14-8-16(22-19-14)15(21)7-11-5-6-20(9-11)10-18;1-5-11(15)8-10-6-7-14(9-10)12(16)17-13(2,3)4;1-9(2,3)13-8(12)11-5-4-7(10)6-11;8-6-3-1-5(2-4-6)7(9)10-11;8-7-3-1-6(2-4-7)5-9-10;8-7-3-1-6(5-9)2-4-7/h4-7,11,13H,8-10,12H2,1-3H3;1-4,8,11H,5-7,9H2;1,10H,6-9H2,2-4H3;7H,4-6,10H2,1-3H3;1-4,11H;1-5,10H;1-5H/b;;;;10-7-;9-5+;/t13-;11-;10-;7-;;;/m0001.../s1. The Morgan fingerprint density at radius 2 is 0.908 bits per heavy atom. The average molecular weight is 1620 g/mol. The number of aldehydes is 1. The van der Waals surface area contributed by atoms with Crippen LogP contribution in [0.1, 0.15) is 150 Å². The molecule has 3 amide bonds. The Balaban J connectivity index is 0.000000236. The first kappa shape index (κ1) is 90.1. The molecular weight excluding hydrogens is 1530 g/mol. The first-order chi connectivity index (χ1) is 51.4. The van der Waals surface area contributed by atoms with Crippen LogP contribution in [0, 0.1) is 41.6 Å². The Morgan fingerprint density at radius 3 is 1.26 bits per heavy atom. The highest BCUT2D eigenvalue weighted by molar-refractivity contribution is 6.69. The van der Waals surface area contributed by atoms with E-state index in [9.17, 15) is 33.6 Å². The minimum atomic E-state index is -0.525. The Hall–Kier alpha value is -9.50. The van der Waals surface area contributed by atoms with Gasteiger partial charge in [0.1, 0.15) is 34.5 Å². The van der Waals surface area contributed by atoms with Crippen molar-refractivity contribution < 1.29 is 67.2 Å². The number of carbonyl (C=O) groups excluding carboxylic acids is 7. The maximum Gasteiger partial charge on any atom is 0.410 e. The van der Waals surface area contributed by atoms with E-state index in [0.29, 0.717) is 106 Å². The van der Waals surface area contributed by atoms with E-state index in [-0.39, 0.29) is 76.1 Å². The Morgan fingerprint density at radius 1 is 0.550 bits per heavy atom. The molecule has 4 aliphatic heterocycles. The van der Waals surface area contributed by atoms with Crippen LogP contribution in [0.4, 0.5) is 14.4 Å². The number of oxime groups is 2. The minimum Gasteiger partial charge on any atom is -0.444 e. The number of rotatable bonds is 13. The molecule has 0 radical (unpaired) electrons. The molecule has 109 heavy (non-hydrogen) atoms. The number of carbonyl (C=O) groups is 7. The maximum absolute atomic E-state index is 12.5. The van der Waals surface area contributed by atoms with Crippen molar-refractivity contribution in [3.05, 3.63) is 187 Å². The molecule has 7 aromatic rings. The van der Waals surface area contributed by atoms with Crippen molar-refractivity contribution in [3.63, 3.8) is 0 Å². The summed E-state index contributed by atoms with van der Waals surface area (Å²) >= 11 is 34.0. The summed E-state index contributed by atoms with van der Waals surface area (Å²) in [4.78, 5) is 87.9. The second-order valence-electron chi connectivity index (χ2n) is 28.4. The quantitative estimate of drug-likeness (QED) is 0.0111. The number of ether oxygens (including phenoxy) is 3. The monoisotopic (exact) mass is 1610 g/mol. The van der Waals surface area contributed by atoms with Crippen LogP contribution >= 0.6 is 69.6 Å². The van der Waals surface area contributed by atoms with Gasteiger partial charge in [0.2, 0.25) is 28.9 Å². The second-order valence-corrected chi connectivity index (χ2v) is 30.9. The van der Waals surface area contributed by atoms with Crippen LogP contribution in [0.3, 0.4) is 0 Å². The predicted octanol–water partition coefficient (Wildman–Crippen LogP) is 18.0. The SMILES string of the molecule is C#CC(=O)C[C@@H]1CCN(C(=O)OC(C)(C)C)C1.CC(C)(C)OC(=O)N1CC[C@@H](CC(=O)c2cc(-c3ccc(Cl)cc3)no2)C1.CC(C)(C)OC(=O)N1CC[C@@H](N)C1.N#CN1CC[C@@H](CC(=O)c2cc(-c3ccc(Cl)cc3)no2)C1.O/N=C(\Cl)c1ccc(Cl)cc1.O/N=C/c1ccc(Cl)cc1.O=Cc1ccc(Cl)cc1. The predicted molar refractivity (Wildman–Crippen MR) is 421 cm³/mol. The van der Waals surface area contributed by atoms with E-state index in [1.165, 1.54) is 6.21 Å². The van der Waals surface area contributed by atoms with E-state index < -0.39 is 16.8 Å². The van der Waals surface area contributed by atoms with E-state index in [0.717, 1.165) is 61.7 Å². The zero-order valence-electron chi connectivity index (χ0n) is 62.0. The first-order valence-electron chi connectivity index (χ1n) is 34.6. The summed E-state index contributed by atoms with van der Waals surface area (Å²) in [6.07, 6.45) is 12.7. The molecule has 5 aromatic carbocycles. The number of terminal acetylenes is 1. The maximum atomic E-state index is 12.5. The molecule has 0 spiro atoms. The molecule has 4 fully saturated rings. The van der Waals surface area contributed by atoms with Crippen molar-refractivity contribution in [1.82, 2.24) is 29.9 Å². The smallest absolute Gasteiger partial charge is 0.410 e. The van der Waals surface area contributed by atoms with Crippen LogP contribution in [0.25, 0.3) is 22.5 Å². The van der Waals surface area contributed by atoms with E-state index in [1.54, 1.807) is 129 Å². The van der Waals surface area contributed by atoms with Crippen LogP contribution in [0.15, 0.2) is 153 Å². The lowest BCUT2D eigenvalue weighted by Crippen LogP contribution is -2.36. The molecule has 11 rings (SSSR count). The summed E-state index contributed by atoms with van der Waals surface area (Å²) in [6.45, 7) is 21.6. The lowest BCUT2D eigenvalue weighted by atomic mass is 10.0. The molecule has 2 aromatic heterocycles. The number of benzene rings is 5. The highest BCUT2D eigenvalue weighted by atomic mass is 35.5. The fraction of sp³-hybridized carbons (Fsp3) is 0.392. The van der Waals surface area contributed by atoms with Crippen molar-refractivity contribution >= 4 is 123 Å². The molecular formula is C79H90Cl6N10O14. The topological polar surface area (TPSA) is 327 Å². The summed E-state index contributed by atoms with van der Waals surface area (Å²) in [6, 6.07) is 38.2. The molecule has 0 aliphatic carbocycles. The molecule has 0 bridgehead atoms. The summed E-state index contributed by atoms with van der Waals surface area (Å²) in [5.41, 5.74) is 9.27. The van der Waals surface area contributed by atoms with Crippen LogP contribution in [-0.4, -0.2) is 169 Å². The van der Waals surface area contributed by atoms with Crippen molar-refractivity contribution in [2.24, 2.45) is 33.8 Å². The van der Waals surface area contributed by atoms with Gasteiger partial charge in [-0.15, -0.1) is 6.42 Å². The van der Waals surface area contributed by atoms with E-state index in [2.05, 4.69) is 32.7 Å². The normalized spacial score (nSPS) is 16.6. The number of hydrogen-bond acceptors (Lipinski definition) is 21. The van der Waals surface area contributed by atoms with Crippen LogP contribution < -0.4 is 5.73 Å². The van der Waals surface area contributed by atoms with Gasteiger partial charge in [-0.25, -0.2) is 14.4 Å².